The van der Waals surface area contributed by atoms with E-state index in [0.29, 0.717) is 6.42 Å². The topological polar surface area (TPSA) is 50.9 Å². The molecule has 0 bridgehead atoms. The molecular formula is C8H15N3OS. The number of nitrogens with zero attached hydrogens (tertiary/aromatic N) is 3. The zero-order valence-electron chi connectivity index (χ0n) is 7.97. The number of rotatable bonds is 5. The molecule has 0 aromatic carbocycles. The number of hydrogen-bond acceptors (Lipinski definition) is 4. The smallest absolute Gasteiger partial charge is 0.0853 e. The molecule has 5 heteroatoms. The summed E-state index contributed by atoms with van der Waals surface area (Å²) in [5.41, 5.74) is 0.853. The fourth-order valence-corrected chi connectivity index (χ4v) is 1.67. The van der Waals surface area contributed by atoms with E-state index in [0.717, 1.165) is 17.2 Å². The number of aliphatic hydroxyl groups excluding tert-OH is 1. The fourth-order valence-electron chi connectivity index (χ4n) is 1.04. The van der Waals surface area contributed by atoms with Crippen LogP contribution in [-0.4, -0.2) is 37.7 Å². The molecule has 0 spiro atoms. The lowest BCUT2D eigenvalue weighted by atomic mass is 10.2. The molecule has 0 amide bonds. The van der Waals surface area contributed by atoms with E-state index in [1.165, 1.54) is 0 Å². The maximum Gasteiger partial charge on any atom is 0.0853 e. The van der Waals surface area contributed by atoms with E-state index in [1.54, 1.807) is 16.4 Å². The Bertz CT molecular complexity index is 251. The molecule has 0 aliphatic rings. The highest BCUT2D eigenvalue weighted by Crippen LogP contribution is 2.06. The van der Waals surface area contributed by atoms with Gasteiger partial charge in [-0.05, 0) is 5.75 Å². The van der Waals surface area contributed by atoms with Crippen LogP contribution in [0, 0.1) is 0 Å². The molecule has 1 unspecified atom stereocenters. The van der Waals surface area contributed by atoms with Gasteiger partial charge in [0.1, 0.15) is 0 Å². The van der Waals surface area contributed by atoms with E-state index in [9.17, 15) is 5.11 Å². The number of aromatic nitrogens is 3. The molecular weight excluding hydrogens is 186 g/mol. The zero-order valence-corrected chi connectivity index (χ0v) is 8.79. The summed E-state index contributed by atoms with van der Waals surface area (Å²) >= 11 is 1.74. The van der Waals surface area contributed by atoms with Gasteiger partial charge in [-0.2, -0.15) is 11.8 Å². The lowest BCUT2D eigenvalue weighted by Crippen LogP contribution is -2.13. The van der Waals surface area contributed by atoms with Crippen LogP contribution in [0.25, 0.3) is 0 Å². The highest BCUT2D eigenvalue weighted by molar-refractivity contribution is 7.99. The third-order valence-electron chi connectivity index (χ3n) is 1.61. The Kier molecular flexibility index (Phi) is 4.24. The first-order valence-corrected chi connectivity index (χ1v) is 5.49. The number of hydrogen-bond donors (Lipinski definition) is 1. The van der Waals surface area contributed by atoms with Crippen LogP contribution < -0.4 is 0 Å². The first-order valence-electron chi connectivity index (χ1n) is 4.33. The summed E-state index contributed by atoms with van der Waals surface area (Å²) in [5, 5.41) is 17.3. The predicted octanol–water partition coefficient (Wildman–Crippen LogP) is 0.472. The molecule has 1 N–H and O–H groups in total. The van der Waals surface area contributed by atoms with Crippen molar-refractivity contribution in [1.82, 2.24) is 15.0 Å². The van der Waals surface area contributed by atoms with E-state index in [2.05, 4.69) is 17.2 Å². The third kappa shape index (κ3) is 3.78. The molecule has 0 saturated carbocycles. The molecule has 0 radical (unpaired) electrons. The normalized spacial score (nSPS) is 13.2. The van der Waals surface area contributed by atoms with Crippen molar-refractivity contribution < 1.29 is 5.11 Å². The number of thioether (sulfide) groups is 1. The summed E-state index contributed by atoms with van der Waals surface area (Å²) in [6.45, 7) is 2.08. The molecule has 1 aromatic rings. The highest BCUT2D eigenvalue weighted by Gasteiger charge is 2.07. The molecule has 0 saturated heterocycles. The minimum atomic E-state index is -0.304. The van der Waals surface area contributed by atoms with Gasteiger partial charge in [0.25, 0.3) is 0 Å². The first kappa shape index (κ1) is 10.5. The lowest BCUT2D eigenvalue weighted by molar-refractivity contribution is 0.199. The van der Waals surface area contributed by atoms with Gasteiger partial charge in [-0.15, -0.1) is 5.10 Å². The van der Waals surface area contributed by atoms with Crippen molar-refractivity contribution in [3.05, 3.63) is 11.9 Å². The molecule has 0 aliphatic carbocycles. The van der Waals surface area contributed by atoms with Crippen LogP contribution in [0.1, 0.15) is 12.6 Å². The molecule has 0 fully saturated rings. The van der Waals surface area contributed by atoms with Crippen molar-refractivity contribution in [1.29, 1.82) is 0 Å². The summed E-state index contributed by atoms with van der Waals surface area (Å²) in [7, 11) is 1.82. The highest BCUT2D eigenvalue weighted by atomic mass is 32.2. The summed E-state index contributed by atoms with van der Waals surface area (Å²) in [5.74, 6) is 1.81. The summed E-state index contributed by atoms with van der Waals surface area (Å²) in [6, 6.07) is 0. The standard InChI is InChI=1S/C8H15N3OS/c1-3-13-6-8(12)4-7-5-11(2)10-9-7/h5,8,12H,3-4,6H2,1-2H3. The van der Waals surface area contributed by atoms with Crippen molar-refractivity contribution in [3.63, 3.8) is 0 Å². The van der Waals surface area contributed by atoms with E-state index >= 15 is 0 Å². The Morgan fingerprint density at radius 3 is 3.00 bits per heavy atom. The molecule has 1 atom stereocenters. The van der Waals surface area contributed by atoms with Crippen LogP contribution in [0.15, 0.2) is 6.20 Å². The van der Waals surface area contributed by atoms with E-state index in [-0.39, 0.29) is 6.10 Å². The van der Waals surface area contributed by atoms with Gasteiger partial charge in [0.15, 0.2) is 0 Å². The van der Waals surface area contributed by atoms with Crippen LogP contribution in [-0.2, 0) is 13.5 Å². The predicted molar refractivity (Wildman–Crippen MR) is 53.7 cm³/mol. The molecule has 1 rings (SSSR count). The van der Waals surface area contributed by atoms with Gasteiger partial charge >= 0.3 is 0 Å². The number of aryl methyl sites for hydroxylation is 1. The Balaban J connectivity index is 2.31. The van der Waals surface area contributed by atoms with Crippen LogP contribution in [0.4, 0.5) is 0 Å². The third-order valence-corrected chi connectivity index (χ3v) is 2.64. The van der Waals surface area contributed by atoms with Crippen molar-refractivity contribution >= 4 is 11.8 Å². The summed E-state index contributed by atoms with van der Waals surface area (Å²) < 4.78 is 1.65. The molecule has 1 aromatic heterocycles. The van der Waals surface area contributed by atoms with Gasteiger partial charge in [-0.3, -0.25) is 4.68 Å². The fraction of sp³-hybridized carbons (Fsp3) is 0.750. The Hall–Kier alpha value is -0.550. The van der Waals surface area contributed by atoms with Gasteiger partial charge in [0, 0.05) is 25.4 Å². The van der Waals surface area contributed by atoms with E-state index in [4.69, 9.17) is 0 Å². The Morgan fingerprint density at radius 2 is 2.46 bits per heavy atom. The van der Waals surface area contributed by atoms with Gasteiger partial charge in [0.2, 0.25) is 0 Å². The molecule has 13 heavy (non-hydrogen) atoms. The molecule has 0 aliphatic heterocycles. The van der Waals surface area contributed by atoms with Crippen LogP contribution in [0.2, 0.25) is 0 Å². The minimum Gasteiger partial charge on any atom is -0.392 e. The second-order valence-electron chi connectivity index (χ2n) is 2.90. The molecule has 74 valence electrons. The maximum absolute atomic E-state index is 9.55. The van der Waals surface area contributed by atoms with Gasteiger partial charge in [-0.1, -0.05) is 12.1 Å². The maximum atomic E-state index is 9.55. The van der Waals surface area contributed by atoms with Crippen LogP contribution in [0.3, 0.4) is 0 Å². The molecule has 4 nitrogen and oxygen atoms in total. The largest absolute Gasteiger partial charge is 0.392 e. The van der Waals surface area contributed by atoms with Crippen LogP contribution in [0.5, 0.6) is 0 Å². The van der Waals surface area contributed by atoms with Gasteiger partial charge in [-0.25, -0.2) is 0 Å². The average Bonchev–Trinajstić information content (AvgIpc) is 2.48. The lowest BCUT2D eigenvalue weighted by Gasteiger charge is -2.06. The minimum absolute atomic E-state index is 0.304. The second-order valence-corrected chi connectivity index (χ2v) is 4.22. The Labute approximate surface area is 82.3 Å². The average molecular weight is 201 g/mol. The van der Waals surface area contributed by atoms with Crippen molar-refractivity contribution in [3.8, 4) is 0 Å². The van der Waals surface area contributed by atoms with E-state index < -0.39 is 0 Å². The molecule has 1 heterocycles. The van der Waals surface area contributed by atoms with E-state index in [1.807, 2.05) is 13.2 Å². The van der Waals surface area contributed by atoms with Crippen molar-refractivity contribution in [2.45, 2.75) is 19.4 Å². The van der Waals surface area contributed by atoms with Crippen LogP contribution >= 0.6 is 11.8 Å². The summed E-state index contributed by atoms with van der Waals surface area (Å²) in [6.07, 6.45) is 2.13. The first-order chi connectivity index (χ1) is 6.22. The van der Waals surface area contributed by atoms with Gasteiger partial charge < -0.3 is 5.11 Å². The van der Waals surface area contributed by atoms with Gasteiger partial charge in [0.05, 0.1) is 11.8 Å². The monoisotopic (exact) mass is 201 g/mol. The Morgan fingerprint density at radius 1 is 1.69 bits per heavy atom. The number of aliphatic hydroxyl groups is 1. The second kappa shape index (κ2) is 5.24. The quantitative estimate of drug-likeness (QED) is 0.752. The van der Waals surface area contributed by atoms with Crippen molar-refractivity contribution in [2.24, 2.45) is 7.05 Å². The zero-order chi connectivity index (χ0) is 9.68. The summed E-state index contributed by atoms with van der Waals surface area (Å²) in [4.78, 5) is 0. The van der Waals surface area contributed by atoms with Crippen molar-refractivity contribution in [2.75, 3.05) is 11.5 Å². The SMILES string of the molecule is CCSCC(O)Cc1cn(C)nn1.